The second kappa shape index (κ2) is 17.6. The van der Waals surface area contributed by atoms with Gasteiger partial charge >= 0.3 is 11.9 Å². The molecule has 2 saturated carbocycles. The molecule has 4 aromatic rings. The van der Waals surface area contributed by atoms with Gasteiger partial charge in [0, 0.05) is 29.0 Å². The summed E-state index contributed by atoms with van der Waals surface area (Å²) in [6.07, 6.45) is 6.86. The zero-order chi connectivity index (χ0) is 36.6. The molecular weight excluding hydrogens is 748 g/mol. The summed E-state index contributed by atoms with van der Waals surface area (Å²) in [6, 6.07) is 22.7. The molecule has 0 saturated heterocycles. The summed E-state index contributed by atoms with van der Waals surface area (Å²) >= 11 is 25.7. The van der Waals surface area contributed by atoms with Crippen LogP contribution in [0.25, 0.3) is 0 Å². The maximum atomic E-state index is 12.8. The van der Waals surface area contributed by atoms with E-state index >= 15 is 0 Å². The Morgan fingerprint density at radius 2 is 1.10 bits per heavy atom. The maximum Gasteiger partial charge on any atom is 0.333 e. The third-order valence-electron chi connectivity index (χ3n) is 8.86. The molecule has 2 aliphatic carbocycles. The molecule has 13 heteroatoms. The van der Waals surface area contributed by atoms with E-state index in [2.05, 4.69) is 16.0 Å². The summed E-state index contributed by atoms with van der Waals surface area (Å²) in [5.74, 6) is -1.96. The zero-order valence-electron chi connectivity index (χ0n) is 28.1. The van der Waals surface area contributed by atoms with Gasteiger partial charge in [-0.3, -0.25) is 9.59 Å². The molecule has 0 aromatic heterocycles. The van der Waals surface area contributed by atoms with Crippen LogP contribution < -0.4 is 25.4 Å². The quantitative estimate of drug-likeness (QED) is 0.0807. The Kier molecular flexibility index (Phi) is 12.7. The molecule has 52 heavy (non-hydrogen) atoms. The largest absolute Gasteiger partial charge is 0.486 e. The summed E-state index contributed by atoms with van der Waals surface area (Å²) in [7, 11) is 0. The van der Waals surface area contributed by atoms with E-state index in [-0.39, 0.29) is 56.8 Å². The lowest BCUT2D eigenvalue weighted by atomic mass is 9.93. The van der Waals surface area contributed by atoms with Crippen molar-refractivity contribution in [2.45, 2.75) is 70.2 Å². The van der Waals surface area contributed by atoms with Gasteiger partial charge in [-0.05, 0) is 104 Å². The highest BCUT2D eigenvalue weighted by molar-refractivity contribution is 6.38. The van der Waals surface area contributed by atoms with Crippen molar-refractivity contribution in [3.8, 4) is 11.5 Å². The predicted octanol–water partition coefficient (Wildman–Crippen LogP) is 9.43. The lowest BCUT2D eigenvalue weighted by Gasteiger charge is -2.27. The molecule has 0 atom stereocenters. The summed E-state index contributed by atoms with van der Waals surface area (Å²) in [5.41, 5.74) is 4.43. The van der Waals surface area contributed by atoms with Crippen LogP contribution in [0.3, 0.4) is 0 Å². The summed E-state index contributed by atoms with van der Waals surface area (Å²) < 4.78 is 16.7. The van der Waals surface area contributed by atoms with Gasteiger partial charge in [0.05, 0.1) is 26.5 Å². The van der Waals surface area contributed by atoms with E-state index in [0.717, 1.165) is 35.3 Å². The average Bonchev–Trinajstić information content (AvgIpc) is 3.06. The molecule has 0 aliphatic heterocycles. The number of amides is 1. The molecule has 0 bridgehead atoms. The smallest absolute Gasteiger partial charge is 0.333 e. The Hall–Kier alpha value is -4.15. The Balaban J connectivity index is 0.951. The molecule has 272 valence electrons. The number of hydrogen-bond donors (Lipinski definition) is 3. The maximum absolute atomic E-state index is 12.8. The number of nitrogens with one attached hydrogen (secondary N) is 3. The molecule has 9 nitrogen and oxygen atoms in total. The number of carbonyl (C=O) groups is 3. The van der Waals surface area contributed by atoms with Crippen molar-refractivity contribution in [2.75, 3.05) is 17.2 Å². The number of carbonyl (C=O) groups excluding carboxylic acids is 3. The summed E-state index contributed by atoms with van der Waals surface area (Å²) in [6.45, 7) is -0.116. The lowest BCUT2D eigenvalue weighted by Crippen LogP contribution is -2.32. The summed E-state index contributed by atoms with van der Waals surface area (Å²) in [5, 5.41) is 10.1. The number of hydrogen-bond acceptors (Lipinski definition) is 8. The molecule has 2 aliphatic rings. The van der Waals surface area contributed by atoms with Gasteiger partial charge in [0.1, 0.15) is 19.8 Å². The van der Waals surface area contributed by atoms with Crippen LogP contribution in [-0.4, -0.2) is 36.5 Å². The van der Waals surface area contributed by atoms with Crippen LogP contribution in [0.4, 0.5) is 11.4 Å². The number of ether oxygens (including phenoxy) is 3. The highest BCUT2D eigenvalue weighted by Crippen LogP contribution is 2.36. The van der Waals surface area contributed by atoms with Gasteiger partial charge in [0.15, 0.2) is 11.5 Å². The minimum atomic E-state index is -0.962. The van der Waals surface area contributed by atoms with E-state index < -0.39 is 24.4 Å². The molecular formula is C39H37Cl4N3O6. The fourth-order valence-electron chi connectivity index (χ4n) is 5.69. The number of esters is 2. The van der Waals surface area contributed by atoms with Crippen LogP contribution >= 0.6 is 46.4 Å². The van der Waals surface area contributed by atoms with Crippen molar-refractivity contribution in [1.29, 1.82) is 0 Å². The van der Waals surface area contributed by atoms with Crippen LogP contribution in [-0.2, 0) is 34.0 Å². The average molecular weight is 786 g/mol. The molecule has 1 amide bonds. The van der Waals surface area contributed by atoms with E-state index in [9.17, 15) is 14.4 Å². The first-order chi connectivity index (χ1) is 25.1. The van der Waals surface area contributed by atoms with E-state index in [1.807, 2.05) is 48.5 Å². The second-order valence-corrected chi connectivity index (χ2v) is 14.5. The monoisotopic (exact) mass is 783 g/mol. The minimum absolute atomic E-state index is 0.0952. The van der Waals surface area contributed by atoms with Crippen molar-refractivity contribution in [3.05, 3.63) is 115 Å². The molecule has 0 unspecified atom stereocenters. The highest BCUT2D eigenvalue weighted by atomic mass is 35.5. The van der Waals surface area contributed by atoms with E-state index in [0.29, 0.717) is 17.6 Å². The van der Waals surface area contributed by atoms with Gasteiger partial charge in [-0.25, -0.2) is 4.79 Å². The van der Waals surface area contributed by atoms with Crippen molar-refractivity contribution < 1.29 is 28.6 Å². The Bertz CT molecular complexity index is 1900. The third kappa shape index (κ3) is 10.3. The summed E-state index contributed by atoms with van der Waals surface area (Å²) in [4.78, 5) is 37.7. The van der Waals surface area contributed by atoms with Crippen LogP contribution in [0.2, 0.25) is 20.1 Å². The van der Waals surface area contributed by atoms with Crippen LogP contribution in [0.5, 0.6) is 11.5 Å². The van der Waals surface area contributed by atoms with Crippen molar-refractivity contribution in [2.24, 2.45) is 0 Å². The molecule has 4 aromatic carbocycles. The zero-order valence-corrected chi connectivity index (χ0v) is 31.1. The van der Waals surface area contributed by atoms with Crippen LogP contribution in [0, 0.1) is 0 Å². The normalized spacial score (nSPS) is 14.1. The van der Waals surface area contributed by atoms with E-state index in [1.165, 1.54) is 49.9 Å². The Morgan fingerprint density at radius 3 is 1.56 bits per heavy atom. The van der Waals surface area contributed by atoms with Gasteiger partial charge in [0.25, 0.3) is 5.91 Å². The molecule has 0 heterocycles. The Morgan fingerprint density at radius 1 is 0.615 bits per heavy atom. The number of halogens is 4. The molecule has 3 N–H and O–H groups in total. The minimum Gasteiger partial charge on any atom is -0.486 e. The van der Waals surface area contributed by atoms with Crippen molar-refractivity contribution in [3.63, 3.8) is 0 Å². The fourth-order valence-corrected chi connectivity index (χ4v) is 6.93. The van der Waals surface area contributed by atoms with E-state index in [1.54, 1.807) is 0 Å². The van der Waals surface area contributed by atoms with Gasteiger partial charge in [-0.2, -0.15) is 0 Å². The molecule has 0 radical (unpaired) electrons. The van der Waals surface area contributed by atoms with Gasteiger partial charge in [0.2, 0.25) is 0 Å². The first-order valence-corrected chi connectivity index (χ1v) is 18.6. The third-order valence-corrected chi connectivity index (χ3v) is 9.98. The standard InChI is InChI=1S/C39H37Cl4N3O6/c40-31-15-25(16-32(41)37(31)50-21-23-5-1-11-29(13-23)45-27-7-3-8-27)17-35(47)52-36(48)20-44-39(49)26-18-33(42)38(34(43)19-26)51-22-24-6-2-12-30(14-24)46-28-9-4-10-28/h1-2,5-6,11-16,18-19,27-28,45-46H,3-4,7-10,17,20-22H2,(H,44,49). The number of benzene rings is 4. The SMILES string of the molecule is O=C(CNC(=O)c1cc(Cl)c(OCc2cccc(NC3CCC3)c2)c(Cl)c1)OC(=O)Cc1cc(Cl)c(OCc2cccc(NC3CCC3)c2)c(Cl)c1. The van der Waals surface area contributed by atoms with Crippen molar-refractivity contribution in [1.82, 2.24) is 5.32 Å². The molecule has 0 spiro atoms. The first-order valence-electron chi connectivity index (χ1n) is 17.0. The van der Waals surface area contributed by atoms with Gasteiger partial charge in [-0.15, -0.1) is 0 Å². The lowest BCUT2D eigenvalue weighted by molar-refractivity contribution is -0.158. The fraction of sp³-hybridized carbons (Fsp3) is 0.308. The highest BCUT2D eigenvalue weighted by Gasteiger charge is 2.20. The second-order valence-electron chi connectivity index (χ2n) is 12.9. The molecule has 6 rings (SSSR count). The number of rotatable bonds is 15. The number of anilines is 2. The van der Waals surface area contributed by atoms with Gasteiger partial charge < -0.3 is 30.2 Å². The predicted molar refractivity (Wildman–Crippen MR) is 204 cm³/mol. The van der Waals surface area contributed by atoms with Crippen LogP contribution in [0.15, 0.2) is 72.8 Å². The van der Waals surface area contributed by atoms with Crippen molar-refractivity contribution >= 4 is 75.6 Å². The van der Waals surface area contributed by atoms with Gasteiger partial charge in [-0.1, -0.05) is 70.7 Å². The first kappa shape index (κ1) is 37.6. The molecule has 2 fully saturated rings. The van der Waals surface area contributed by atoms with E-state index in [4.69, 9.17) is 60.6 Å². The van der Waals surface area contributed by atoms with Crippen LogP contribution in [0.1, 0.15) is 65.6 Å². The topological polar surface area (TPSA) is 115 Å². The Labute approximate surface area is 322 Å².